The molecule has 0 saturated carbocycles. The Morgan fingerprint density at radius 2 is 2.50 bits per heavy atom. The van der Waals surface area contributed by atoms with Crippen LogP contribution in [0.2, 0.25) is 0 Å². The number of aliphatic hydroxyl groups is 1. The molecule has 2 heterocycles. The highest BCUT2D eigenvalue weighted by Crippen LogP contribution is 2.34. The number of rotatable bonds is 6. The van der Waals surface area contributed by atoms with Gasteiger partial charge in [0.25, 0.3) is 5.91 Å². The van der Waals surface area contributed by atoms with Crippen LogP contribution in [0.3, 0.4) is 0 Å². The Kier molecular flexibility index (Phi) is 5.08. The summed E-state index contributed by atoms with van der Waals surface area (Å²) in [6, 6.07) is 0. The minimum atomic E-state index is -0.212. The summed E-state index contributed by atoms with van der Waals surface area (Å²) < 4.78 is 5.07. The molecule has 0 spiro atoms. The van der Waals surface area contributed by atoms with Gasteiger partial charge in [0.2, 0.25) is 0 Å². The molecule has 0 aliphatic carbocycles. The first-order valence-corrected chi connectivity index (χ1v) is 6.96. The molecule has 1 saturated heterocycles. The SMILES string of the molecule is COCCC[C@@]1(CO)CCCN(C(=O)c2cn[nH]n2)C1. The zero-order chi connectivity index (χ0) is 14.4. The molecule has 1 aromatic heterocycles. The molecule has 1 amide bonds. The summed E-state index contributed by atoms with van der Waals surface area (Å²) in [6.07, 6.45) is 5.03. The summed E-state index contributed by atoms with van der Waals surface area (Å²) in [6.45, 7) is 2.05. The highest BCUT2D eigenvalue weighted by Gasteiger charge is 2.36. The van der Waals surface area contributed by atoms with Crippen LogP contribution in [-0.2, 0) is 4.74 Å². The third kappa shape index (κ3) is 3.34. The Morgan fingerprint density at radius 3 is 3.15 bits per heavy atom. The lowest BCUT2D eigenvalue weighted by molar-refractivity contribution is 0.0177. The van der Waals surface area contributed by atoms with Crippen molar-refractivity contribution in [2.24, 2.45) is 5.41 Å². The minimum Gasteiger partial charge on any atom is -0.396 e. The highest BCUT2D eigenvalue weighted by atomic mass is 16.5. The number of amides is 1. The van der Waals surface area contributed by atoms with Crippen molar-refractivity contribution in [3.63, 3.8) is 0 Å². The number of ether oxygens (including phenoxy) is 1. The Hall–Kier alpha value is -1.47. The molecule has 0 radical (unpaired) electrons. The third-order valence-corrected chi connectivity index (χ3v) is 3.97. The lowest BCUT2D eigenvalue weighted by Crippen LogP contribution is -2.48. The van der Waals surface area contributed by atoms with E-state index in [0.29, 0.717) is 25.4 Å². The maximum atomic E-state index is 12.3. The van der Waals surface area contributed by atoms with Crippen molar-refractivity contribution in [3.8, 4) is 0 Å². The van der Waals surface area contributed by atoms with E-state index in [1.807, 2.05) is 0 Å². The number of methoxy groups -OCH3 is 1. The minimum absolute atomic E-state index is 0.0965. The third-order valence-electron chi connectivity index (χ3n) is 3.97. The fourth-order valence-corrected chi connectivity index (χ4v) is 2.85. The van der Waals surface area contributed by atoms with Crippen LogP contribution in [-0.4, -0.2) is 64.7 Å². The van der Waals surface area contributed by atoms with Crippen molar-refractivity contribution in [1.29, 1.82) is 0 Å². The van der Waals surface area contributed by atoms with Gasteiger partial charge in [-0.15, -0.1) is 0 Å². The van der Waals surface area contributed by atoms with Gasteiger partial charge in [0.05, 0.1) is 12.8 Å². The van der Waals surface area contributed by atoms with Gasteiger partial charge >= 0.3 is 0 Å². The summed E-state index contributed by atoms with van der Waals surface area (Å²) in [5.41, 5.74) is 0.117. The number of carbonyl (C=O) groups is 1. The summed E-state index contributed by atoms with van der Waals surface area (Å²) in [7, 11) is 1.67. The van der Waals surface area contributed by atoms with Crippen LogP contribution in [0.4, 0.5) is 0 Å². The molecule has 0 aromatic carbocycles. The number of likely N-dealkylation sites (tertiary alicyclic amines) is 1. The van der Waals surface area contributed by atoms with E-state index in [0.717, 1.165) is 25.7 Å². The number of aromatic nitrogens is 3. The van der Waals surface area contributed by atoms with Crippen molar-refractivity contribution in [1.82, 2.24) is 20.3 Å². The smallest absolute Gasteiger partial charge is 0.276 e. The second-order valence-corrected chi connectivity index (χ2v) is 5.44. The lowest BCUT2D eigenvalue weighted by atomic mass is 9.77. The maximum absolute atomic E-state index is 12.3. The van der Waals surface area contributed by atoms with E-state index >= 15 is 0 Å². The van der Waals surface area contributed by atoms with Gasteiger partial charge < -0.3 is 14.7 Å². The molecule has 0 unspecified atom stereocenters. The number of aliphatic hydroxyl groups excluding tert-OH is 1. The van der Waals surface area contributed by atoms with Crippen LogP contribution in [0.15, 0.2) is 6.20 Å². The average Bonchev–Trinajstić information content (AvgIpc) is 3.01. The monoisotopic (exact) mass is 282 g/mol. The van der Waals surface area contributed by atoms with E-state index in [4.69, 9.17) is 4.74 Å². The standard InChI is InChI=1S/C13H22N4O3/c1-20-7-3-5-13(10-18)4-2-6-17(9-13)12(19)11-8-14-16-15-11/h8,18H,2-7,9-10H2,1H3,(H,14,15,16)/t13-/m0/s1. The van der Waals surface area contributed by atoms with Crippen LogP contribution in [0, 0.1) is 5.41 Å². The first-order chi connectivity index (χ1) is 9.71. The molecule has 2 N–H and O–H groups in total. The number of nitrogens with one attached hydrogen (secondary N) is 1. The van der Waals surface area contributed by atoms with E-state index in [9.17, 15) is 9.90 Å². The van der Waals surface area contributed by atoms with Gasteiger partial charge in [0.1, 0.15) is 0 Å². The van der Waals surface area contributed by atoms with Crippen LogP contribution in [0.1, 0.15) is 36.2 Å². The fourth-order valence-electron chi connectivity index (χ4n) is 2.85. The van der Waals surface area contributed by atoms with Crippen molar-refractivity contribution in [2.45, 2.75) is 25.7 Å². The molecule has 1 aliphatic heterocycles. The molecular formula is C13H22N4O3. The summed E-state index contributed by atoms with van der Waals surface area (Å²) in [5.74, 6) is -0.122. The summed E-state index contributed by atoms with van der Waals surface area (Å²) in [4.78, 5) is 14.1. The quantitative estimate of drug-likeness (QED) is 0.739. The zero-order valence-electron chi connectivity index (χ0n) is 11.8. The number of nitrogens with zero attached hydrogens (tertiary/aromatic N) is 3. The summed E-state index contributed by atoms with van der Waals surface area (Å²) in [5, 5.41) is 19.7. The van der Waals surface area contributed by atoms with Gasteiger partial charge in [0.15, 0.2) is 5.69 Å². The first kappa shape index (κ1) is 14.9. The maximum Gasteiger partial charge on any atom is 0.276 e. The second kappa shape index (κ2) is 6.81. The van der Waals surface area contributed by atoms with Crippen molar-refractivity contribution in [2.75, 3.05) is 33.4 Å². The van der Waals surface area contributed by atoms with Crippen LogP contribution < -0.4 is 0 Å². The number of hydrogen-bond acceptors (Lipinski definition) is 5. The topological polar surface area (TPSA) is 91.3 Å². The number of carbonyl (C=O) groups excluding carboxylic acids is 1. The van der Waals surface area contributed by atoms with Gasteiger partial charge in [-0.2, -0.15) is 15.4 Å². The fraction of sp³-hybridized carbons (Fsp3) is 0.769. The van der Waals surface area contributed by atoms with E-state index < -0.39 is 0 Å². The van der Waals surface area contributed by atoms with Crippen LogP contribution in [0.5, 0.6) is 0 Å². The van der Waals surface area contributed by atoms with Gasteiger partial charge in [0, 0.05) is 32.2 Å². The zero-order valence-corrected chi connectivity index (χ0v) is 11.8. The molecule has 1 fully saturated rings. The second-order valence-electron chi connectivity index (χ2n) is 5.44. The molecule has 1 aromatic rings. The predicted molar refractivity (Wildman–Crippen MR) is 72.1 cm³/mol. The van der Waals surface area contributed by atoms with Crippen molar-refractivity contribution >= 4 is 5.91 Å². The van der Waals surface area contributed by atoms with E-state index in [1.54, 1.807) is 12.0 Å². The van der Waals surface area contributed by atoms with E-state index in [1.165, 1.54) is 6.20 Å². The molecule has 112 valence electrons. The Morgan fingerprint density at radius 1 is 1.65 bits per heavy atom. The van der Waals surface area contributed by atoms with Gasteiger partial charge in [-0.05, 0) is 25.7 Å². The molecule has 7 nitrogen and oxygen atoms in total. The predicted octanol–water partition coefficient (Wildman–Crippen LogP) is 0.446. The molecule has 1 atom stereocenters. The van der Waals surface area contributed by atoms with Gasteiger partial charge in [-0.3, -0.25) is 4.79 Å². The van der Waals surface area contributed by atoms with Gasteiger partial charge in [-0.1, -0.05) is 0 Å². The van der Waals surface area contributed by atoms with E-state index in [-0.39, 0.29) is 17.9 Å². The molecule has 1 aliphatic rings. The molecule has 20 heavy (non-hydrogen) atoms. The number of piperidine rings is 1. The van der Waals surface area contributed by atoms with Crippen molar-refractivity contribution in [3.05, 3.63) is 11.9 Å². The highest BCUT2D eigenvalue weighted by molar-refractivity contribution is 5.91. The average molecular weight is 282 g/mol. The first-order valence-electron chi connectivity index (χ1n) is 6.96. The Balaban J connectivity index is 2.00. The molecular weight excluding hydrogens is 260 g/mol. The van der Waals surface area contributed by atoms with Gasteiger partial charge in [-0.25, -0.2) is 0 Å². The lowest BCUT2D eigenvalue weighted by Gasteiger charge is -2.41. The van der Waals surface area contributed by atoms with Crippen molar-refractivity contribution < 1.29 is 14.6 Å². The number of H-pyrrole nitrogens is 1. The molecule has 0 bridgehead atoms. The Bertz CT molecular complexity index is 423. The number of hydrogen-bond donors (Lipinski definition) is 2. The van der Waals surface area contributed by atoms with Crippen LogP contribution >= 0.6 is 0 Å². The van der Waals surface area contributed by atoms with Crippen LogP contribution in [0.25, 0.3) is 0 Å². The Labute approximate surface area is 118 Å². The summed E-state index contributed by atoms with van der Waals surface area (Å²) >= 11 is 0. The van der Waals surface area contributed by atoms with E-state index in [2.05, 4.69) is 15.4 Å². The normalized spacial score (nSPS) is 23.0. The molecule has 7 heteroatoms. The number of aromatic amines is 1. The molecule has 2 rings (SSSR count). The largest absolute Gasteiger partial charge is 0.396 e.